The summed E-state index contributed by atoms with van der Waals surface area (Å²) in [5.41, 5.74) is 3.93. The van der Waals surface area contributed by atoms with Crippen molar-refractivity contribution in [1.29, 1.82) is 0 Å². The summed E-state index contributed by atoms with van der Waals surface area (Å²) >= 11 is 0. The number of aliphatic imine (C=N–C) groups is 1. The summed E-state index contributed by atoms with van der Waals surface area (Å²) < 4.78 is 0. The molecule has 1 aliphatic rings. The summed E-state index contributed by atoms with van der Waals surface area (Å²) in [6, 6.07) is 10.4. The molecule has 1 aromatic carbocycles. The number of nitrogens with zero attached hydrogens (tertiary/aromatic N) is 5. The predicted molar refractivity (Wildman–Crippen MR) is 114 cm³/mol. The number of aromatic amines is 1. The quantitative estimate of drug-likeness (QED) is 0.591. The van der Waals surface area contributed by atoms with Gasteiger partial charge < -0.3 is 10.2 Å². The molecule has 4 rings (SSSR count). The topological polar surface area (TPSA) is 82.1 Å². The fourth-order valence-electron chi connectivity index (χ4n) is 3.40. The molecule has 3 heterocycles. The lowest BCUT2D eigenvalue weighted by atomic mass is 10.1. The van der Waals surface area contributed by atoms with Crippen LogP contribution < -0.4 is 10.2 Å². The molecule has 2 aromatic heterocycles. The molecule has 1 aliphatic heterocycles. The first-order valence-corrected chi connectivity index (χ1v) is 9.36. The first kappa shape index (κ1) is 17.9. The molecule has 0 saturated heterocycles. The molecule has 7 heteroatoms. The lowest BCUT2D eigenvalue weighted by Crippen LogP contribution is -2.29. The molecule has 142 valence electrons. The van der Waals surface area contributed by atoms with Crippen molar-refractivity contribution in [2.45, 2.75) is 19.4 Å². The maximum atomic E-state index is 4.81. The number of allylic oxidation sites excluding steroid dienone is 1. The van der Waals surface area contributed by atoms with Gasteiger partial charge in [0.25, 0.3) is 0 Å². The van der Waals surface area contributed by atoms with Gasteiger partial charge in [0.1, 0.15) is 5.82 Å². The number of aromatic nitrogens is 4. The Morgan fingerprint density at radius 1 is 1.25 bits per heavy atom. The second-order valence-electron chi connectivity index (χ2n) is 6.61. The van der Waals surface area contributed by atoms with Gasteiger partial charge >= 0.3 is 0 Å². The number of benzene rings is 1. The largest absolute Gasteiger partial charge is 0.354 e. The van der Waals surface area contributed by atoms with Crippen molar-refractivity contribution in [3.05, 3.63) is 67.0 Å². The lowest BCUT2D eigenvalue weighted by molar-refractivity contribution is 0.747. The molecule has 0 spiro atoms. The van der Waals surface area contributed by atoms with Crippen LogP contribution in [0, 0.1) is 0 Å². The average molecular weight is 373 g/mol. The van der Waals surface area contributed by atoms with E-state index in [-0.39, 0.29) is 0 Å². The van der Waals surface area contributed by atoms with E-state index >= 15 is 0 Å². The minimum Gasteiger partial charge on any atom is -0.354 e. The van der Waals surface area contributed by atoms with Gasteiger partial charge in [0.2, 0.25) is 5.95 Å². The van der Waals surface area contributed by atoms with E-state index in [9.17, 15) is 0 Å². The number of hydrogen-bond donors (Lipinski definition) is 2. The van der Waals surface area contributed by atoms with E-state index in [0.29, 0.717) is 24.6 Å². The van der Waals surface area contributed by atoms with Crippen molar-refractivity contribution in [2.24, 2.45) is 4.99 Å². The van der Waals surface area contributed by atoms with Crippen LogP contribution in [0.2, 0.25) is 0 Å². The normalized spacial score (nSPS) is 13.6. The SMILES string of the molecule is C=CN=C(C=C)CCNc1nc2c3c([nH]nc3n1)CCN2Cc1ccccc1. The van der Waals surface area contributed by atoms with Crippen LogP contribution in [0.25, 0.3) is 11.0 Å². The minimum atomic E-state index is 0.572. The van der Waals surface area contributed by atoms with E-state index in [1.807, 2.05) is 6.07 Å². The van der Waals surface area contributed by atoms with Crippen molar-refractivity contribution in [3.8, 4) is 0 Å². The molecule has 0 bridgehead atoms. The molecule has 7 nitrogen and oxygen atoms in total. The Balaban J connectivity index is 1.58. The Hall–Kier alpha value is -3.48. The summed E-state index contributed by atoms with van der Waals surface area (Å²) in [7, 11) is 0. The third-order valence-corrected chi connectivity index (χ3v) is 4.77. The van der Waals surface area contributed by atoms with Crippen LogP contribution in [0.4, 0.5) is 11.8 Å². The molecule has 0 fully saturated rings. The predicted octanol–water partition coefficient (Wildman–Crippen LogP) is 3.49. The van der Waals surface area contributed by atoms with Gasteiger partial charge in [0.15, 0.2) is 5.65 Å². The fourth-order valence-corrected chi connectivity index (χ4v) is 3.40. The van der Waals surface area contributed by atoms with Crippen LogP contribution in [-0.2, 0) is 13.0 Å². The first-order valence-electron chi connectivity index (χ1n) is 9.36. The first-order chi connectivity index (χ1) is 13.8. The van der Waals surface area contributed by atoms with E-state index in [1.54, 1.807) is 6.08 Å². The molecule has 28 heavy (non-hydrogen) atoms. The lowest BCUT2D eigenvalue weighted by Gasteiger charge is -2.28. The molecule has 3 aromatic rings. The van der Waals surface area contributed by atoms with E-state index in [1.165, 1.54) is 11.8 Å². The second kappa shape index (κ2) is 8.04. The summed E-state index contributed by atoms with van der Waals surface area (Å²) in [4.78, 5) is 15.9. The number of hydrogen-bond acceptors (Lipinski definition) is 6. The summed E-state index contributed by atoms with van der Waals surface area (Å²) in [5, 5.41) is 11.8. The van der Waals surface area contributed by atoms with Gasteiger partial charge in [-0.05, 0) is 11.6 Å². The number of anilines is 2. The van der Waals surface area contributed by atoms with Gasteiger partial charge in [0.05, 0.1) is 11.1 Å². The zero-order valence-corrected chi connectivity index (χ0v) is 15.7. The third-order valence-electron chi connectivity index (χ3n) is 4.77. The minimum absolute atomic E-state index is 0.572. The highest BCUT2D eigenvalue weighted by Gasteiger charge is 2.24. The van der Waals surface area contributed by atoms with Gasteiger partial charge in [0, 0.05) is 44.4 Å². The molecule has 0 unspecified atom stereocenters. The zero-order chi connectivity index (χ0) is 19.3. The number of rotatable bonds is 8. The van der Waals surface area contributed by atoms with Crippen LogP contribution in [0.15, 0.2) is 60.8 Å². The van der Waals surface area contributed by atoms with Crippen LogP contribution in [0.1, 0.15) is 17.7 Å². The zero-order valence-electron chi connectivity index (χ0n) is 15.7. The molecule has 0 aliphatic carbocycles. The second-order valence-corrected chi connectivity index (χ2v) is 6.61. The highest BCUT2D eigenvalue weighted by Crippen LogP contribution is 2.32. The van der Waals surface area contributed by atoms with Crippen LogP contribution in [-0.4, -0.2) is 39.0 Å². The molecular formula is C21H23N7. The monoisotopic (exact) mass is 373 g/mol. The standard InChI is InChI=1S/C21H23N7/c1-3-16(22-4-2)10-12-23-21-24-19-18-17(26-27-19)11-13-28(20(18)25-21)14-15-8-6-5-7-9-15/h3-9H,1-2,10-14H2,(H2,23,24,25,26,27). The van der Waals surface area contributed by atoms with Crippen molar-refractivity contribution in [1.82, 2.24) is 20.2 Å². The number of H-pyrrole nitrogens is 1. The van der Waals surface area contributed by atoms with Gasteiger partial charge in [-0.25, -0.2) is 0 Å². The molecule has 0 atom stereocenters. The molecule has 2 N–H and O–H groups in total. The molecular weight excluding hydrogens is 350 g/mol. The van der Waals surface area contributed by atoms with Crippen LogP contribution >= 0.6 is 0 Å². The molecule has 0 radical (unpaired) electrons. The van der Waals surface area contributed by atoms with E-state index in [4.69, 9.17) is 4.98 Å². The van der Waals surface area contributed by atoms with E-state index in [2.05, 4.69) is 67.8 Å². The summed E-state index contributed by atoms with van der Waals surface area (Å²) in [5.74, 6) is 1.50. The van der Waals surface area contributed by atoms with Crippen LogP contribution in [0.5, 0.6) is 0 Å². The maximum absolute atomic E-state index is 4.81. The van der Waals surface area contributed by atoms with E-state index in [0.717, 1.165) is 42.1 Å². The fraction of sp³-hybridized carbons (Fsp3) is 0.238. The average Bonchev–Trinajstić information content (AvgIpc) is 3.14. The Morgan fingerprint density at radius 2 is 2.11 bits per heavy atom. The Labute approximate surface area is 163 Å². The third kappa shape index (κ3) is 3.64. The molecule has 0 saturated carbocycles. The molecule has 0 amide bonds. The highest BCUT2D eigenvalue weighted by molar-refractivity contribution is 5.95. The van der Waals surface area contributed by atoms with Gasteiger partial charge in [-0.1, -0.05) is 43.5 Å². The maximum Gasteiger partial charge on any atom is 0.226 e. The number of nitrogens with one attached hydrogen (secondary N) is 2. The summed E-state index contributed by atoms with van der Waals surface area (Å²) in [6.07, 6.45) is 4.88. The van der Waals surface area contributed by atoms with Gasteiger partial charge in [-0.2, -0.15) is 15.1 Å². The Morgan fingerprint density at radius 3 is 2.89 bits per heavy atom. The van der Waals surface area contributed by atoms with Crippen molar-refractivity contribution >= 4 is 28.5 Å². The van der Waals surface area contributed by atoms with Crippen molar-refractivity contribution in [2.75, 3.05) is 23.3 Å². The Kier molecular flexibility index (Phi) is 5.14. The van der Waals surface area contributed by atoms with Gasteiger partial charge in [-0.15, -0.1) is 0 Å². The van der Waals surface area contributed by atoms with Crippen LogP contribution in [0.3, 0.4) is 0 Å². The van der Waals surface area contributed by atoms with Crippen molar-refractivity contribution < 1.29 is 0 Å². The van der Waals surface area contributed by atoms with Gasteiger partial charge in [-0.3, -0.25) is 10.1 Å². The van der Waals surface area contributed by atoms with E-state index < -0.39 is 0 Å². The van der Waals surface area contributed by atoms with Crippen molar-refractivity contribution in [3.63, 3.8) is 0 Å². The summed E-state index contributed by atoms with van der Waals surface area (Å²) in [6.45, 7) is 9.75. The smallest absolute Gasteiger partial charge is 0.226 e. The Bertz CT molecular complexity index is 1020. The highest BCUT2D eigenvalue weighted by atomic mass is 15.3.